The van der Waals surface area contributed by atoms with Gasteiger partial charge in [0.2, 0.25) is 5.91 Å². The van der Waals surface area contributed by atoms with Crippen LogP contribution in [-0.2, 0) is 4.79 Å². The van der Waals surface area contributed by atoms with Gasteiger partial charge in [0, 0.05) is 18.1 Å². The molecule has 4 heteroatoms. The summed E-state index contributed by atoms with van der Waals surface area (Å²) in [5.41, 5.74) is 4.54. The minimum absolute atomic E-state index is 0.0636. The molecule has 25 heavy (non-hydrogen) atoms. The number of carbonyl (C=O) groups excluding carboxylic acids is 1. The Labute approximate surface area is 151 Å². The summed E-state index contributed by atoms with van der Waals surface area (Å²) in [4.78, 5) is 11.3. The van der Waals surface area contributed by atoms with E-state index in [0.717, 1.165) is 42.9 Å². The van der Waals surface area contributed by atoms with Gasteiger partial charge in [-0.15, -0.1) is 0 Å². The van der Waals surface area contributed by atoms with Gasteiger partial charge in [-0.2, -0.15) is 5.10 Å². The lowest BCUT2D eigenvalue weighted by Gasteiger charge is -2.60. The zero-order valence-electron chi connectivity index (χ0n) is 16.1. The monoisotopic (exact) mass is 346 g/mol. The van der Waals surface area contributed by atoms with E-state index >= 15 is 0 Å². The maximum absolute atomic E-state index is 11.3. The summed E-state index contributed by atoms with van der Waals surface area (Å²) >= 11 is 0. The first kappa shape index (κ1) is 17.5. The van der Waals surface area contributed by atoms with E-state index in [0.29, 0.717) is 5.41 Å². The first-order valence-corrected chi connectivity index (χ1v) is 10.4. The maximum atomic E-state index is 11.3. The van der Waals surface area contributed by atoms with Crippen LogP contribution in [0, 0.1) is 34.5 Å². The van der Waals surface area contributed by atoms with Gasteiger partial charge in [-0.25, -0.2) is 5.43 Å². The van der Waals surface area contributed by atoms with E-state index in [1.165, 1.54) is 51.2 Å². The number of aliphatic hydroxyl groups is 1. The Hall–Kier alpha value is -0.900. The van der Waals surface area contributed by atoms with Crippen LogP contribution in [0.2, 0.25) is 0 Å². The van der Waals surface area contributed by atoms with Gasteiger partial charge in [0.1, 0.15) is 0 Å². The predicted octanol–water partition coefficient (Wildman–Crippen LogP) is 3.88. The van der Waals surface area contributed by atoms with Crippen LogP contribution in [0.5, 0.6) is 0 Å². The molecule has 0 heterocycles. The molecule has 4 nitrogen and oxygen atoms in total. The summed E-state index contributed by atoms with van der Waals surface area (Å²) in [5.74, 6) is 3.00. The van der Waals surface area contributed by atoms with Crippen molar-refractivity contribution >= 4 is 11.6 Å². The van der Waals surface area contributed by atoms with E-state index in [9.17, 15) is 9.90 Å². The Morgan fingerprint density at radius 3 is 2.68 bits per heavy atom. The second-order valence-corrected chi connectivity index (χ2v) is 9.81. The van der Waals surface area contributed by atoms with Crippen LogP contribution in [0.3, 0.4) is 0 Å². The Kier molecular flexibility index (Phi) is 4.25. The molecule has 0 aromatic heterocycles. The quantitative estimate of drug-likeness (QED) is 0.708. The third kappa shape index (κ3) is 2.67. The topological polar surface area (TPSA) is 61.7 Å². The Bertz CT molecular complexity index is 588. The molecular weight excluding hydrogens is 312 g/mol. The first-order chi connectivity index (χ1) is 11.8. The molecule has 140 valence electrons. The fourth-order valence-electron chi connectivity index (χ4n) is 7.35. The van der Waals surface area contributed by atoms with Crippen molar-refractivity contribution in [3.05, 3.63) is 0 Å². The lowest BCUT2D eigenvalue weighted by atomic mass is 9.45. The fourth-order valence-corrected chi connectivity index (χ4v) is 7.35. The average molecular weight is 347 g/mol. The third-order valence-electron chi connectivity index (χ3n) is 8.73. The third-order valence-corrected chi connectivity index (χ3v) is 8.73. The van der Waals surface area contributed by atoms with Gasteiger partial charge in [0.25, 0.3) is 0 Å². The Balaban J connectivity index is 1.58. The zero-order chi connectivity index (χ0) is 17.8. The highest BCUT2D eigenvalue weighted by atomic mass is 16.3. The number of hydrogen-bond acceptors (Lipinski definition) is 3. The number of hydrazone groups is 1. The van der Waals surface area contributed by atoms with Crippen LogP contribution < -0.4 is 5.43 Å². The smallest absolute Gasteiger partial charge is 0.236 e. The van der Waals surface area contributed by atoms with Crippen LogP contribution in [0.15, 0.2) is 5.10 Å². The fraction of sp³-hybridized carbons (Fsp3) is 0.905. The Morgan fingerprint density at radius 1 is 1.12 bits per heavy atom. The first-order valence-electron chi connectivity index (χ1n) is 10.4. The number of carbonyl (C=O) groups is 1. The molecule has 0 aromatic carbocycles. The van der Waals surface area contributed by atoms with Crippen LogP contribution in [0.1, 0.15) is 78.6 Å². The normalized spacial score (nSPS) is 50.7. The summed E-state index contributed by atoms with van der Waals surface area (Å²) in [7, 11) is 0. The molecule has 4 aliphatic carbocycles. The number of aliphatic hydroxyl groups excluding tert-OH is 1. The highest BCUT2D eigenvalue weighted by Crippen LogP contribution is 2.65. The SMILES string of the molecule is CC(=O)N/N=C1/CC[C@H]2[C@@H]3CC[C@H]4C[C@@H](O)CC[C@]4(C)[C@H]3CC[C@]12C. The van der Waals surface area contributed by atoms with Gasteiger partial charge in [-0.3, -0.25) is 4.79 Å². The van der Waals surface area contributed by atoms with Gasteiger partial charge in [-0.05, 0) is 86.9 Å². The molecule has 0 saturated heterocycles. The number of rotatable bonds is 1. The number of nitrogens with one attached hydrogen (secondary N) is 1. The summed E-state index contributed by atoms with van der Waals surface area (Å²) in [6.45, 7) is 6.47. The van der Waals surface area contributed by atoms with Gasteiger partial charge in [-0.1, -0.05) is 13.8 Å². The lowest BCUT2D eigenvalue weighted by Crippen LogP contribution is -2.54. The van der Waals surface area contributed by atoms with Gasteiger partial charge in [0.05, 0.1) is 6.10 Å². The molecule has 0 aliphatic heterocycles. The summed E-state index contributed by atoms with van der Waals surface area (Å²) in [6.07, 6.45) is 10.6. The van der Waals surface area contributed by atoms with Gasteiger partial charge < -0.3 is 5.11 Å². The van der Waals surface area contributed by atoms with Crippen molar-refractivity contribution in [3.8, 4) is 0 Å². The second kappa shape index (κ2) is 6.07. The van der Waals surface area contributed by atoms with Crippen LogP contribution in [0.25, 0.3) is 0 Å². The molecular formula is C21H34N2O2. The molecule has 4 saturated carbocycles. The number of nitrogens with zero attached hydrogens (tertiary/aromatic N) is 1. The molecule has 2 N–H and O–H groups in total. The van der Waals surface area contributed by atoms with Crippen LogP contribution in [-0.4, -0.2) is 22.8 Å². The van der Waals surface area contributed by atoms with E-state index in [1.54, 1.807) is 0 Å². The van der Waals surface area contributed by atoms with Crippen molar-refractivity contribution in [1.29, 1.82) is 0 Å². The molecule has 4 aliphatic rings. The number of hydrogen-bond donors (Lipinski definition) is 2. The van der Waals surface area contributed by atoms with Crippen molar-refractivity contribution < 1.29 is 9.90 Å². The minimum atomic E-state index is -0.0676. The molecule has 4 rings (SSSR count). The van der Waals surface area contributed by atoms with E-state index in [-0.39, 0.29) is 17.4 Å². The molecule has 0 spiro atoms. The predicted molar refractivity (Wildman–Crippen MR) is 99.0 cm³/mol. The van der Waals surface area contributed by atoms with E-state index in [2.05, 4.69) is 24.4 Å². The standard InChI is InChI=1S/C21H34N2O2/c1-13(24)22-23-19-7-6-17-16-5-4-14-12-15(25)8-10-20(14,2)18(16)9-11-21(17,19)3/h14-18,25H,4-12H2,1-3H3,(H,22,24)/b23-19-/t14-,15-,16-,17-,18-,20-,21-/m0/s1. The van der Waals surface area contributed by atoms with Crippen molar-refractivity contribution in [2.24, 2.45) is 39.6 Å². The number of amides is 1. The van der Waals surface area contributed by atoms with Crippen molar-refractivity contribution in [1.82, 2.24) is 5.43 Å². The molecule has 0 aromatic rings. The van der Waals surface area contributed by atoms with E-state index in [4.69, 9.17) is 0 Å². The van der Waals surface area contributed by atoms with Gasteiger partial charge >= 0.3 is 0 Å². The van der Waals surface area contributed by atoms with Crippen molar-refractivity contribution in [2.75, 3.05) is 0 Å². The molecule has 4 fully saturated rings. The molecule has 0 unspecified atom stereocenters. The molecule has 7 atom stereocenters. The van der Waals surface area contributed by atoms with Crippen molar-refractivity contribution in [3.63, 3.8) is 0 Å². The van der Waals surface area contributed by atoms with Crippen molar-refractivity contribution in [2.45, 2.75) is 84.7 Å². The molecule has 0 radical (unpaired) electrons. The summed E-state index contributed by atoms with van der Waals surface area (Å²) < 4.78 is 0. The summed E-state index contributed by atoms with van der Waals surface area (Å²) in [6, 6.07) is 0. The second-order valence-electron chi connectivity index (χ2n) is 9.81. The highest BCUT2D eigenvalue weighted by molar-refractivity contribution is 5.93. The summed E-state index contributed by atoms with van der Waals surface area (Å²) in [5, 5.41) is 14.6. The largest absolute Gasteiger partial charge is 0.393 e. The van der Waals surface area contributed by atoms with Crippen LogP contribution >= 0.6 is 0 Å². The highest BCUT2D eigenvalue weighted by Gasteiger charge is 2.59. The number of fused-ring (bicyclic) bond motifs is 5. The Morgan fingerprint density at radius 2 is 1.92 bits per heavy atom. The van der Waals surface area contributed by atoms with Crippen LogP contribution in [0.4, 0.5) is 0 Å². The van der Waals surface area contributed by atoms with E-state index < -0.39 is 0 Å². The molecule has 0 bridgehead atoms. The minimum Gasteiger partial charge on any atom is -0.393 e. The average Bonchev–Trinajstić information content (AvgIpc) is 2.90. The lowest BCUT2D eigenvalue weighted by molar-refractivity contribution is -0.119. The molecule has 1 amide bonds. The van der Waals surface area contributed by atoms with Gasteiger partial charge in [0.15, 0.2) is 0 Å². The zero-order valence-corrected chi connectivity index (χ0v) is 16.1. The van der Waals surface area contributed by atoms with E-state index in [1.807, 2.05) is 0 Å². The maximum Gasteiger partial charge on any atom is 0.236 e.